The van der Waals surface area contributed by atoms with E-state index in [4.69, 9.17) is 71.3 Å². The summed E-state index contributed by atoms with van der Waals surface area (Å²) in [5.74, 6) is 2.15. The van der Waals surface area contributed by atoms with E-state index in [2.05, 4.69) is 80.6 Å². The van der Waals surface area contributed by atoms with Crippen molar-refractivity contribution < 1.29 is 28.2 Å². The van der Waals surface area contributed by atoms with Crippen LogP contribution in [0.2, 0.25) is 5.35 Å². The Morgan fingerprint density at radius 3 is 1.37 bits per heavy atom. The van der Waals surface area contributed by atoms with Crippen molar-refractivity contribution in [3.8, 4) is 29.1 Å². The molecule has 0 fully saturated rings. The molecule has 0 amide bonds. The third kappa shape index (κ3) is 20.8. The average molecular weight is 1160 g/mol. The number of unbranched alkanes of at least 4 members (excludes halogenated alkanes) is 6. The first-order valence-electron chi connectivity index (χ1n) is 27.9. The molecular formula is C62H83ClN6O7S3. The second-order valence-corrected chi connectivity index (χ2v) is 20.5. The number of fused-ring (bicyclic) bond motifs is 2. The molecule has 8 aromatic rings. The largest absolute Gasteiger partial charge is 0.505 e. The fourth-order valence-corrected chi connectivity index (χ4v) is 8.96. The maximum atomic E-state index is 12.1. The van der Waals surface area contributed by atoms with Crippen LogP contribution in [0, 0.1) is 41.6 Å². The lowest BCUT2D eigenvalue weighted by molar-refractivity contribution is 0.302. The van der Waals surface area contributed by atoms with Crippen LogP contribution >= 0.6 is 48.3 Å². The highest BCUT2D eigenvalue weighted by Crippen LogP contribution is 2.27. The lowest BCUT2D eigenvalue weighted by Crippen LogP contribution is -2.24. The summed E-state index contributed by atoms with van der Waals surface area (Å²) in [6.07, 6.45) is 13.4. The molecule has 2 aromatic carbocycles. The van der Waals surface area contributed by atoms with Gasteiger partial charge in [-0.1, -0.05) is 141 Å². The summed E-state index contributed by atoms with van der Waals surface area (Å²) < 4.78 is 37.8. The molecule has 1 N–H and O–H groups in total. The number of ether oxygens (including phenoxy) is 3. The maximum Gasteiger partial charge on any atom is 0.400 e. The number of oxazole rings is 2. The van der Waals surface area contributed by atoms with Gasteiger partial charge in [0.1, 0.15) is 30.7 Å². The lowest BCUT2D eigenvalue weighted by Gasteiger charge is -2.14. The monoisotopic (exact) mass is 1150 g/mol. The zero-order valence-corrected chi connectivity index (χ0v) is 51.4. The first-order chi connectivity index (χ1) is 38.1. The molecule has 0 unspecified atom stereocenters. The van der Waals surface area contributed by atoms with Crippen molar-refractivity contribution in [3.63, 3.8) is 0 Å². The predicted molar refractivity (Wildman–Crippen MR) is 331 cm³/mol. The van der Waals surface area contributed by atoms with Gasteiger partial charge in [0, 0.05) is 49.0 Å². The zero-order valence-electron chi connectivity index (χ0n) is 48.1. The Morgan fingerprint density at radius 1 is 0.481 bits per heavy atom. The van der Waals surface area contributed by atoms with Gasteiger partial charge in [-0.15, -0.1) is 0 Å². The fraction of sp³-hybridized carbons (Fsp3) is 0.452. The molecule has 0 spiro atoms. The Hall–Kier alpha value is -6.07. The summed E-state index contributed by atoms with van der Waals surface area (Å²) in [6.45, 7) is 26.0. The number of aromatic nitrogens is 6. The minimum Gasteiger partial charge on any atom is -0.505 e. The molecule has 428 valence electrons. The van der Waals surface area contributed by atoms with Crippen LogP contribution in [-0.2, 0) is 26.2 Å². The molecule has 0 saturated heterocycles. The molecule has 6 aromatic heterocycles. The van der Waals surface area contributed by atoms with Crippen molar-refractivity contribution in [2.45, 2.75) is 172 Å². The molecule has 0 aliphatic heterocycles. The van der Waals surface area contributed by atoms with E-state index >= 15 is 0 Å². The van der Waals surface area contributed by atoms with E-state index in [1.807, 2.05) is 102 Å². The predicted octanol–water partition coefficient (Wildman–Crippen LogP) is 18.4. The number of halogens is 1. The molecule has 0 aliphatic carbocycles. The maximum absolute atomic E-state index is 12.1. The first-order valence-corrected chi connectivity index (χ1v) is 29.5. The molecule has 0 bridgehead atoms. The fourth-order valence-electron chi connectivity index (χ4n) is 7.77. The van der Waals surface area contributed by atoms with E-state index < -0.39 is 0 Å². The van der Waals surface area contributed by atoms with Crippen molar-refractivity contribution in [1.82, 2.24) is 28.2 Å². The number of para-hydroxylation sites is 4. The van der Waals surface area contributed by atoms with Crippen LogP contribution in [0.4, 0.5) is 0 Å². The van der Waals surface area contributed by atoms with Gasteiger partial charge < -0.3 is 46.4 Å². The van der Waals surface area contributed by atoms with Crippen molar-refractivity contribution in [2.75, 3.05) is 13.2 Å². The highest BCUT2D eigenvalue weighted by molar-refractivity contribution is 7.71. The van der Waals surface area contributed by atoms with Gasteiger partial charge in [0.25, 0.3) is 10.9 Å². The quantitative estimate of drug-likeness (QED) is 0.0511. The van der Waals surface area contributed by atoms with Gasteiger partial charge in [-0.25, -0.2) is 0 Å². The topological polar surface area (TPSA) is 137 Å². The van der Waals surface area contributed by atoms with Gasteiger partial charge >= 0.3 is 6.08 Å². The summed E-state index contributed by atoms with van der Waals surface area (Å²) in [5.41, 5.74) is 7.47. The number of rotatable bonds is 22. The molecular weight excluding hydrogens is 1070 g/mol. The summed E-state index contributed by atoms with van der Waals surface area (Å²) in [5, 5.41) is 9.59. The van der Waals surface area contributed by atoms with Crippen molar-refractivity contribution >= 4 is 70.5 Å². The second-order valence-electron chi connectivity index (χ2n) is 19.0. The van der Waals surface area contributed by atoms with Crippen LogP contribution in [0.5, 0.6) is 29.1 Å². The van der Waals surface area contributed by atoms with Gasteiger partial charge in [-0.05, 0) is 151 Å². The summed E-state index contributed by atoms with van der Waals surface area (Å²) in [6, 6.07) is 30.3. The normalized spacial score (nSPS) is 10.6. The molecule has 0 aliphatic rings. The Bertz CT molecular complexity index is 3200. The molecule has 0 saturated carbocycles. The average Bonchev–Trinajstić information content (AvgIpc) is 4.05. The number of pyridine rings is 4. The Morgan fingerprint density at radius 2 is 0.873 bits per heavy atom. The van der Waals surface area contributed by atoms with E-state index in [-0.39, 0.29) is 22.7 Å². The van der Waals surface area contributed by atoms with Gasteiger partial charge in [0.2, 0.25) is 0 Å². The van der Waals surface area contributed by atoms with Crippen molar-refractivity contribution in [1.29, 1.82) is 0 Å². The number of benzene rings is 2. The minimum atomic E-state index is 0.00885. The highest BCUT2D eigenvalue weighted by Gasteiger charge is 2.12. The van der Waals surface area contributed by atoms with Gasteiger partial charge in [0.05, 0.1) is 13.2 Å². The van der Waals surface area contributed by atoms with E-state index in [0.29, 0.717) is 33.0 Å². The molecule has 0 atom stereocenters. The molecule has 13 nitrogen and oxygen atoms in total. The summed E-state index contributed by atoms with van der Waals surface area (Å²) in [4.78, 5) is 20.4. The Balaban J connectivity index is 0.000000217. The Labute approximate surface area is 488 Å². The van der Waals surface area contributed by atoms with Crippen LogP contribution in [-0.4, -0.2) is 46.6 Å². The first kappa shape index (κ1) is 65.4. The van der Waals surface area contributed by atoms with Crippen LogP contribution in [0.1, 0.15) is 141 Å². The van der Waals surface area contributed by atoms with Crippen LogP contribution in [0.25, 0.3) is 22.2 Å². The van der Waals surface area contributed by atoms with Crippen molar-refractivity contribution in [2.24, 2.45) is 0 Å². The molecule has 8 rings (SSSR count). The van der Waals surface area contributed by atoms with Gasteiger partial charge in [-0.2, -0.15) is 9.97 Å². The van der Waals surface area contributed by atoms with E-state index in [0.717, 1.165) is 148 Å². The number of aromatic hydroxyl groups is 1. The Kier molecular flexibility index (Phi) is 29.4. The third-order valence-corrected chi connectivity index (χ3v) is 14.1. The van der Waals surface area contributed by atoms with E-state index in [1.54, 1.807) is 12.1 Å². The minimum absolute atomic E-state index is 0.00885. The number of nitrogens with zero attached hydrogens (tertiary/aromatic N) is 6. The third-order valence-electron chi connectivity index (χ3n) is 12.6. The van der Waals surface area contributed by atoms with Crippen LogP contribution in [0.3, 0.4) is 0 Å². The van der Waals surface area contributed by atoms with Crippen LogP contribution < -0.4 is 19.8 Å². The SMILES string of the molecule is CCCCOc1ccc(C)n(CCCC)c1=O.CCCCOc1ccc(C)n(CCCC)c1=S.CCCCn1c(C)ccc(O)c1=S.CCCCn1c(C)ccc(Oc2nc3ccccc3o2)c1=S.Clc1nc2ccccc2o1. The lowest BCUT2D eigenvalue weighted by atomic mass is 10.3. The number of hydrogen-bond donors (Lipinski definition) is 1. The molecule has 79 heavy (non-hydrogen) atoms. The highest BCUT2D eigenvalue weighted by atomic mass is 35.5. The standard InChI is InChI=1S/C17H18N2O2S.C14H23NO2.C14H23NOS.C10H15NOS.C7H4ClNO/c1-3-4-11-19-12(2)9-10-15(16(19)22)21-17-18-13-7-5-6-8-14(13)20-17;1-4-6-10-15-12(3)8-9-13(14(15)16)17-11-7-5-2;1-4-6-10-15-12(3)8-9-13(14(15)17)16-11-7-5-2;1-3-4-7-11-8(2)5-6-9(12)10(11)13;8-7-9-5-3-1-2-4-6(5)10-7/h5-10H,3-4,11H2,1-2H3;2*8-9H,4-7,10-11H2,1-3H3;5-6,12H,3-4,7H2,1-2H3;1-4H. The summed E-state index contributed by atoms with van der Waals surface area (Å²) in [7, 11) is 0. The molecule has 17 heteroatoms. The summed E-state index contributed by atoms with van der Waals surface area (Å²) >= 11 is 21.6. The van der Waals surface area contributed by atoms with Gasteiger partial charge in [0.15, 0.2) is 28.4 Å². The molecule has 6 heterocycles. The van der Waals surface area contributed by atoms with Crippen molar-refractivity contribution in [3.05, 3.63) is 149 Å². The molecule has 0 radical (unpaired) electrons. The second kappa shape index (κ2) is 35.5. The zero-order chi connectivity index (χ0) is 57.7. The number of aryl methyl sites for hydroxylation is 4. The smallest absolute Gasteiger partial charge is 0.400 e. The van der Waals surface area contributed by atoms with E-state index in [9.17, 15) is 9.90 Å². The number of hydrogen-bond acceptors (Lipinski definition) is 12. The van der Waals surface area contributed by atoms with E-state index in [1.165, 1.54) is 12.1 Å². The van der Waals surface area contributed by atoms with Crippen LogP contribution in [0.15, 0.2) is 111 Å². The van der Waals surface area contributed by atoms with Gasteiger partial charge in [-0.3, -0.25) is 4.79 Å².